The van der Waals surface area contributed by atoms with Crippen LogP contribution in [-0.4, -0.2) is 22.6 Å². The zero-order chi connectivity index (χ0) is 16.8. The van der Waals surface area contributed by atoms with Crippen LogP contribution in [0.4, 0.5) is 11.4 Å². The van der Waals surface area contributed by atoms with Gasteiger partial charge in [-0.15, -0.1) is 0 Å². The summed E-state index contributed by atoms with van der Waals surface area (Å²) < 4.78 is 0. The van der Waals surface area contributed by atoms with Crippen LogP contribution in [-0.2, 0) is 16.8 Å². The van der Waals surface area contributed by atoms with Crippen LogP contribution < -0.4 is 0 Å². The van der Waals surface area contributed by atoms with Crippen molar-refractivity contribution in [1.82, 2.24) is 0 Å². The first kappa shape index (κ1) is 18.4. The largest absolute Gasteiger partial charge is 0.507 e. The third-order valence-corrected chi connectivity index (χ3v) is 3.44. The summed E-state index contributed by atoms with van der Waals surface area (Å²) in [5.41, 5.74) is 2.62. The number of phenolic OH excluding ortho intramolecular Hbond substituents is 2. The van der Waals surface area contributed by atoms with E-state index in [4.69, 9.17) is 0 Å². The summed E-state index contributed by atoms with van der Waals surface area (Å²) in [7, 11) is 0. The Morgan fingerprint density at radius 2 is 0.920 bits per heavy atom. The first-order chi connectivity index (χ1) is 11.7. The van der Waals surface area contributed by atoms with Crippen molar-refractivity contribution in [2.24, 2.45) is 9.98 Å². The molecule has 0 atom stereocenters. The van der Waals surface area contributed by atoms with E-state index in [0.717, 1.165) is 0 Å². The number of nitrogens with zero attached hydrogens (tertiary/aromatic N) is 2. The van der Waals surface area contributed by atoms with E-state index >= 15 is 0 Å². The van der Waals surface area contributed by atoms with Crippen LogP contribution in [0.2, 0.25) is 0 Å². The van der Waals surface area contributed by atoms with Gasteiger partial charge in [-0.1, -0.05) is 36.4 Å². The van der Waals surface area contributed by atoms with E-state index in [-0.39, 0.29) is 28.3 Å². The monoisotopic (exact) mass is 375 g/mol. The topological polar surface area (TPSA) is 65.2 Å². The van der Waals surface area contributed by atoms with E-state index in [2.05, 4.69) is 9.98 Å². The maximum absolute atomic E-state index is 9.79. The molecule has 0 aromatic heterocycles. The number of para-hydroxylation sites is 4. The first-order valence-corrected chi connectivity index (χ1v) is 7.47. The summed E-state index contributed by atoms with van der Waals surface area (Å²) in [4.78, 5) is 8.82. The van der Waals surface area contributed by atoms with Crippen molar-refractivity contribution in [1.29, 1.82) is 0 Å². The van der Waals surface area contributed by atoms with Crippen LogP contribution in [0.25, 0.3) is 0 Å². The van der Waals surface area contributed by atoms with Crippen LogP contribution in [0.15, 0.2) is 82.8 Å². The van der Waals surface area contributed by atoms with E-state index in [0.29, 0.717) is 22.5 Å². The Bertz CT molecular complexity index is 833. The SMILES string of the molecule is Oc1ccccc1C=Nc1ccccc1N=Cc1ccccc1O.[Co]. The maximum atomic E-state index is 9.79. The fourth-order valence-electron chi connectivity index (χ4n) is 2.15. The third-order valence-electron chi connectivity index (χ3n) is 3.44. The van der Waals surface area contributed by atoms with E-state index in [1.165, 1.54) is 0 Å². The zero-order valence-corrected chi connectivity index (χ0v) is 14.2. The van der Waals surface area contributed by atoms with Crippen molar-refractivity contribution in [3.05, 3.63) is 83.9 Å². The Hall–Kier alpha value is -2.89. The molecular weight excluding hydrogens is 359 g/mol. The average molecular weight is 375 g/mol. The maximum Gasteiger partial charge on any atom is 0.124 e. The van der Waals surface area contributed by atoms with Crippen LogP contribution in [0.5, 0.6) is 11.5 Å². The van der Waals surface area contributed by atoms with Crippen molar-refractivity contribution < 1.29 is 27.0 Å². The van der Waals surface area contributed by atoms with Crippen molar-refractivity contribution in [2.75, 3.05) is 0 Å². The number of aromatic hydroxyl groups is 2. The number of phenols is 2. The minimum Gasteiger partial charge on any atom is -0.507 e. The molecular formula is C20H16CoN2O2. The number of rotatable bonds is 4. The Kier molecular flexibility index (Phi) is 6.51. The quantitative estimate of drug-likeness (QED) is 0.655. The second kappa shape index (κ2) is 8.82. The van der Waals surface area contributed by atoms with Crippen molar-refractivity contribution in [2.45, 2.75) is 0 Å². The predicted octanol–water partition coefficient (Wildman–Crippen LogP) is 4.60. The summed E-state index contributed by atoms with van der Waals surface area (Å²) in [5, 5.41) is 19.6. The minimum atomic E-state index is 0. The molecule has 5 heteroatoms. The van der Waals surface area contributed by atoms with Crippen LogP contribution >= 0.6 is 0 Å². The van der Waals surface area contributed by atoms with Gasteiger partial charge < -0.3 is 10.2 Å². The molecule has 3 aromatic rings. The smallest absolute Gasteiger partial charge is 0.124 e. The molecule has 0 aliphatic carbocycles. The van der Waals surface area contributed by atoms with Crippen LogP contribution in [0.1, 0.15) is 11.1 Å². The van der Waals surface area contributed by atoms with Gasteiger partial charge in [0.15, 0.2) is 0 Å². The number of hydrogen-bond acceptors (Lipinski definition) is 4. The van der Waals surface area contributed by atoms with Gasteiger partial charge in [0.05, 0.1) is 11.4 Å². The van der Waals surface area contributed by atoms with Crippen LogP contribution in [0.3, 0.4) is 0 Å². The van der Waals surface area contributed by atoms with Gasteiger partial charge >= 0.3 is 0 Å². The summed E-state index contributed by atoms with van der Waals surface area (Å²) in [6.07, 6.45) is 3.20. The van der Waals surface area contributed by atoms with Gasteiger partial charge in [-0.05, 0) is 36.4 Å². The minimum absolute atomic E-state index is 0. The van der Waals surface area contributed by atoms with Gasteiger partial charge in [-0.2, -0.15) is 0 Å². The van der Waals surface area contributed by atoms with Crippen molar-refractivity contribution in [3.63, 3.8) is 0 Å². The van der Waals surface area contributed by atoms with Gasteiger partial charge in [-0.3, -0.25) is 9.98 Å². The van der Waals surface area contributed by atoms with E-state index in [1.807, 2.05) is 36.4 Å². The zero-order valence-electron chi connectivity index (χ0n) is 13.2. The average Bonchev–Trinajstić information content (AvgIpc) is 2.61. The number of aliphatic imine (C=N–C) groups is 2. The number of hydrogen-bond donors (Lipinski definition) is 2. The van der Waals surface area contributed by atoms with Crippen molar-refractivity contribution >= 4 is 23.8 Å². The molecule has 3 rings (SSSR count). The van der Waals surface area contributed by atoms with Crippen molar-refractivity contribution in [3.8, 4) is 11.5 Å². The molecule has 0 aliphatic heterocycles. The Labute approximate surface area is 156 Å². The number of benzene rings is 3. The molecule has 1 radical (unpaired) electrons. The molecule has 0 saturated heterocycles. The first-order valence-electron chi connectivity index (χ1n) is 7.47. The molecule has 0 fully saturated rings. The molecule has 2 N–H and O–H groups in total. The molecule has 0 saturated carbocycles. The molecule has 0 heterocycles. The van der Waals surface area contributed by atoms with Gasteiger partial charge in [-0.25, -0.2) is 0 Å². The normalized spacial score (nSPS) is 10.9. The summed E-state index contributed by atoms with van der Waals surface area (Å²) in [5.74, 6) is 0.355. The molecule has 3 aromatic carbocycles. The Morgan fingerprint density at radius 1 is 0.560 bits per heavy atom. The second-order valence-electron chi connectivity index (χ2n) is 5.12. The molecule has 25 heavy (non-hydrogen) atoms. The fourth-order valence-corrected chi connectivity index (χ4v) is 2.15. The van der Waals surface area contributed by atoms with Gasteiger partial charge in [0, 0.05) is 40.3 Å². The molecule has 0 unspecified atom stereocenters. The molecule has 4 nitrogen and oxygen atoms in total. The fraction of sp³-hybridized carbons (Fsp3) is 0. The summed E-state index contributed by atoms with van der Waals surface area (Å²) in [6.45, 7) is 0. The van der Waals surface area contributed by atoms with Gasteiger partial charge in [0.2, 0.25) is 0 Å². The summed E-state index contributed by atoms with van der Waals surface area (Å²) >= 11 is 0. The van der Waals surface area contributed by atoms with Gasteiger partial charge in [0.1, 0.15) is 11.5 Å². The second-order valence-corrected chi connectivity index (χ2v) is 5.12. The Balaban J connectivity index is 0.00000225. The third kappa shape index (κ3) is 4.79. The Morgan fingerprint density at radius 3 is 1.32 bits per heavy atom. The molecule has 0 amide bonds. The molecule has 127 valence electrons. The molecule has 0 bridgehead atoms. The standard InChI is InChI=1S/C20H16N2O2.Co/c23-19-11-5-1-7-15(19)13-21-17-9-3-4-10-18(17)22-14-16-8-2-6-12-20(16)24;/h1-14,23-24H;. The molecule has 0 spiro atoms. The molecule has 0 aliphatic rings. The summed E-state index contributed by atoms with van der Waals surface area (Å²) in [6, 6.07) is 21.4. The van der Waals surface area contributed by atoms with Gasteiger partial charge in [0.25, 0.3) is 0 Å². The van der Waals surface area contributed by atoms with E-state index < -0.39 is 0 Å². The van der Waals surface area contributed by atoms with E-state index in [1.54, 1.807) is 48.8 Å². The predicted molar refractivity (Wildman–Crippen MR) is 97.2 cm³/mol. The van der Waals surface area contributed by atoms with Crippen LogP contribution in [0, 0.1) is 0 Å². The van der Waals surface area contributed by atoms with E-state index in [9.17, 15) is 10.2 Å².